The van der Waals surface area contributed by atoms with Crippen LogP contribution in [0.25, 0.3) is 64.3 Å². The fraction of sp³-hybridized carbons (Fsp3) is 0.0189. The zero-order valence-corrected chi connectivity index (χ0v) is 30.7. The number of thiophene rings is 1. The molecule has 0 fully saturated rings. The molecule has 12 rings (SSSR count). The van der Waals surface area contributed by atoms with Crippen LogP contribution in [0, 0.1) is 0 Å². The topological polar surface area (TPSA) is 3.24 Å². The normalized spacial score (nSPS) is 15.0. The van der Waals surface area contributed by atoms with Crippen LogP contribution in [-0.4, -0.2) is 0 Å². The van der Waals surface area contributed by atoms with Crippen LogP contribution in [0.5, 0.6) is 0 Å². The first-order chi connectivity index (χ1) is 27.3. The molecule has 0 N–H and O–H groups in total. The molecular formula is C53H33NS. The molecule has 1 nitrogen and oxygen atoms in total. The molecule has 1 atom stereocenters. The molecule has 1 aromatic heterocycles. The van der Waals surface area contributed by atoms with Gasteiger partial charge >= 0.3 is 0 Å². The highest BCUT2D eigenvalue weighted by molar-refractivity contribution is 7.26. The van der Waals surface area contributed by atoms with Gasteiger partial charge in [-0.3, -0.25) is 0 Å². The van der Waals surface area contributed by atoms with Crippen LogP contribution in [-0.2, 0) is 5.41 Å². The quantitative estimate of drug-likeness (QED) is 0.175. The van der Waals surface area contributed by atoms with Crippen LogP contribution in [0.2, 0.25) is 0 Å². The smallest absolute Gasteiger partial charge is 0.0732 e. The van der Waals surface area contributed by atoms with E-state index in [0.29, 0.717) is 0 Å². The summed E-state index contributed by atoms with van der Waals surface area (Å²) in [5.41, 5.74) is 16.0. The Hall–Kier alpha value is -6.74. The van der Waals surface area contributed by atoms with E-state index in [2.05, 4.69) is 205 Å². The summed E-state index contributed by atoms with van der Waals surface area (Å²) >= 11 is 1.87. The van der Waals surface area contributed by atoms with E-state index < -0.39 is 5.41 Å². The Morgan fingerprint density at radius 3 is 1.82 bits per heavy atom. The van der Waals surface area contributed by atoms with Gasteiger partial charge in [-0.05, 0) is 109 Å². The number of nitrogens with zero attached hydrogens (tertiary/aromatic N) is 1. The maximum atomic E-state index is 2.52. The Morgan fingerprint density at radius 1 is 0.382 bits per heavy atom. The van der Waals surface area contributed by atoms with Crippen molar-refractivity contribution in [3.8, 4) is 33.4 Å². The third-order valence-electron chi connectivity index (χ3n) is 12.0. The Labute approximate surface area is 324 Å². The number of para-hydroxylation sites is 1. The van der Waals surface area contributed by atoms with Crippen LogP contribution in [0.3, 0.4) is 0 Å². The summed E-state index contributed by atoms with van der Waals surface area (Å²) in [6.45, 7) is 0. The Kier molecular flexibility index (Phi) is 6.49. The molecule has 0 radical (unpaired) electrons. The molecular weight excluding hydrogens is 683 g/mol. The van der Waals surface area contributed by atoms with E-state index in [4.69, 9.17) is 0 Å². The first kappa shape index (κ1) is 30.7. The van der Waals surface area contributed by atoms with Gasteiger partial charge in [0, 0.05) is 31.5 Å². The molecule has 1 spiro atoms. The highest BCUT2D eigenvalue weighted by atomic mass is 32.1. The molecule has 55 heavy (non-hydrogen) atoms. The summed E-state index contributed by atoms with van der Waals surface area (Å²) < 4.78 is 2.60. The van der Waals surface area contributed by atoms with Gasteiger partial charge in [-0.15, -0.1) is 11.3 Å². The van der Waals surface area contributed by atoms with Crippen molar-refractivity contribution in [2.45, 2.75) is 5.41 Å². The summed E-state index contributed by atoms with van der Waals surface area (Å²) in [5.74, 6) is 0. The van der Waals surface area contributed by atoms with E-state index >= 15 is 0 Å². The van der Waals surface area contributed by atoms with Gasteiger partial charge < -0.3 is 4.90 Å². The lowest BCUT2D eigenvalue weighted by Crippen LogP contribution is -2.32. The van der Waals surface area contributed by atoms with Crippen molar-refractivity contribution in [3.05, 3.63) is 222 Å². The van der Waals surface area contributed by atoms with Gasteiger partial charge in [0.25, 0.3) is 0 Å². The molecule has 0 saturated carbocycles. The molecule has 0 amide bonds. The molecule has 10 aromatic rings. The predicted octanol–water partition coefficient (Wildman–Crippen LogP) is 14.7. The highest BCUT2D eigenvalue weighted by Crippen LogP contribution is 2.64. The fourth-order valence-corrected chi connectivity index (χ4v) is 11.1. The van der Waals surface area contributed by atoms with Gasteiger partial charge in [0.05, 0.1) is 11.1 Å². The number of hydrogen-bond acceptors (Lipinski definition) is 2. The van der Waals surface area contributed by atoms with Crippen molar-refractivity contribution in [2.75, 3.05) is 4.90 Å². The average Bonchev–Trinajstić information content (AvgIpc) is 3.78. The number of fused-ring (bicyclic) bond motifs is 12. The Bertz CT molecular complexity index is 3160. The Morgan fingerprint density at radius 2 is 1.00 bits per heavy atom. The number of benzene rings is 9. The van der Waals surface area contributed by atoms with E-state index in [-0.39, 0.29) is 0 Å². The van der Waals surface area contributed by atoms with Crippen molar-refractivity contribution in [1.82, 2.24) is 0 Å². The summed E-state index contributed by atoms with van der Waals surface area (Å²) in [6.07, 6.45) is 0. The zero-order chi connectivity index (χ0) is 36.1. The van der Waals surface area contributed by atoms with Crippen molar-refractivity contribution in [2.24, 2.45) is 0 Å². The van der Waals surface area contributed by atoms with Crippen LogP contribution < -0.4 is 4.90 Å². The molecule has 0 aliphatic heterocycles. The highest BCUT2D eigenvalue weighted by Gasteiger charge is 2.51. The zero-order valence-electron chi connectivity index (χ0n) is 29.9. The first-order valence-corrected chi connectivity index (χ1v) is 19.8. The Balaban J connectivity index is 1.23. The minimum atomic E-state index is -0.568. The largest absolute Gasteiger partial charge is 0.310 e. The lowest BCUT2D eigenvalue weighted by molar-refractivity contribution is 0.775. The molecule has 0 bridgehead atoms. The summed E-state index contributed by atoms with van der Waals surface area (Å²) in [7, 11) is 0. The van der Waals surface area contributed by atoms with Crippen LogP contribution in [0.15, 0.2) is 200 Å². The minimum Gasteiger partial charge on any atom is -0.310 e. The second-order valence-corrected chi connectivity index (χ2v) is 15.8. The van der Waals surface area contributed by atoms with Gasteiger partial charge in [0.1, 0.15) is 0 Å². The minimum absolute atomic E-state index is 0.568. The monoisotopic (exact) mass is 715 g/mol. The molecule has 2 aliphatic rings. The van der Waals surface area contributed by atoms with Gasteiger partial charge in [0.15, 0.2) is 0 Å². The van der Waals surface area contributed by atoms with Crippen molar-refractivity contribution >= 4 is 59.3 Å². The first-order valence-electron chi connectivity index (χ1n) is 19.0. The second kappa shape index (κ2) is 11.6. The van der Waals surface area contributed by atoms with E-state index in [1.165, 1.54) is 92.3 Å². The fourth-order valence-electron chi connectivity index (χ4n) is 9.94. The van der Waals surface area contributed by atoms with Crippen molar-refractivity contribution in [3.63, 3.8) is 0 Å². The molecule has 0 saturated heterocycles. The predicted molar refractivity (Wildman–Crippen MR) is 233 cm³/mol. The van der Waals surface area contributed by atoms with Crippen molar-refractivity contribution < 1.29 is 0 Å². The lowest BCUT2D eigenvalue weighted by Gasteiger charge is -2.41. The van der Waals surface area contributed by atoms with Gasteiger partial charge in [0.2, 0.25) is 0 Å². The average molecular weight is 716 g/mol. The van der Waals surface area contributed by atoms with E-state index in [9.17, 15) is 0 Å². The molecule has 256 valence electrons. The molecule has 1 unspecified atom stereocenters. The second-order valence-electron chi connectivity index (χ2n) is 14.7. The van der Waals surface area contributed by atoms with Gasteiger partial charge in [-0.25, -0.2) is 0 Å². The molecule has 1 heterocycles. The van der Waals surface area contributed by atoms with E-state index in [1.807, 2.05) is 11.3 Å². The molecule has 2 aliphatic carbocycles. The van der Waals surface area contributed by atoms with Crippen LogP contribution in [0.4, 0.5) is 17.1 Å². The van der Waals surface area contributed by atoms with Crippen LogP contribution >= 0.6 is 11.3 Å². The van der Waals surface area contributed by atoms with E-state index in [1.54, 1.807) is 0 Å². The number of hydrogen-bond donors (Lipinski definition) is 0. The maximum Gasteiger partial charge on any atom is 0.0732 e. The molecule has 2 heteroatoms. The third kappa shape index (κ3) is 4.18. The van der Waals surface area contributed by atoms with Gasteiger partial charge in [-0.2, -0.15) is 0 Å². The number of anilines is 3. The number of rotatable bonds is 4. The lowest BCUT2D eigenvalue weighted by atomic mass is 9.60. The standard InChI is InChI=1S/C53H33NS/c1-3-15-34(16-4-1)38-31-29-35-17-13-23-42-40-21-8-11-25-45(40)53(52(38)50(35)42)44-24-10-7-20-39(44)41-32-30-37(33-46(41)53)54(36-18-5-2-6-19-36)47-26-14-28-49-51(47)43-22-9-12-27-48(43)55-49/h1-33H. The van der Waals surface area contributed by atoms with Gasteiger partial charge in [-0.1, -0.05) is 158 Å². The van der Waals surface area contributed by atoms with Crippen molar-refractivity contribution in [1.29, 1.82) is 0 Å². The SMILES string of the molecule is c1ccc(-c2ccc3cccc4c3c2C2(c3ccccc3-c3ccc(N(c5ccccc5)c5cccc6sc7ccccc7c56)cc32)c2ccccc2-4)cc1. The molecule has 9 aromatic carbocycles. The summed E-state index contributed by atoms with van der Waals surface area (Å²) in [5, 5.41) is 5.19. The summed E-state index contributed by atoms with van der Waals surface area (Å²) in [4.78, 5) is 2.49. The van der Waals surface area contributed by atoms with Crippen LogP contribution in [0.1, 0.15) is 22.3 Å². The summed E-state index contributed by atoms with van der Waals surface area (Å²) in [6, 6.07) is 74.7. The maximum absolute atomic E-state index is 2.52. The van der Waals surface area contributed by atoms with E-state index in [0.717, 1.165) is 11.4 Å². The third-order valence-corrected chi connectivity index (χ3v) is 13.2.